The number of hydrogen-bond acceptors (Lipinski definition) is 10. The van der Waals surface area contributed by atoms with Crippen LogP contribution >= 0.6 is 0 Å². The average Bonchev–Trinajstić information content (AvgIpc) is 3.57. The highest BCUT2D eigenvalue weighted by molar-refractivity contribution is 5.76. The van der Waals surface area contributed by atoms with Gasteiger partial charge in [0.15, 0.2) is 11.7 Å². The van der Waals surface area contributed by atoms with Crippen LogP contribution in [0.15, 0.2) is 41.5 Å². The molecule has 5 rings (SSSR count). The molecule has 2 aromatic rings. The van der Waals surface area contributed by atoms with Crippen LogP contribution in [0.3, 0.4) is 0 Å². The number of aromatic nitrogens is 3. The molecule has 0 amide bonds. The van der Waals surface area contributed by atoms with E-state index in [0.717, 1.165) is 11.3 Å². The lowest BCUT2D eigenvalue weighted by molar-refractivity contribution is -0.338. The molecule has 1 aromatic heterocycles. The molecule has 3 aliphatic rings. The minimum Gasteiger partial charge on any atom is -0.469 e. The van der Waals surface area contributed by atoms with Crippen molar-refractivity contribution in [3.05, 3.63) is 47.8 Å². The number of carbonyl (C=O) groups is 1. The number of methoxy groups -OCH3 is 1. The van der Waals surface area contributed by atoms with Crippen LogP contribution in [0.2, 0.25) is 0 Å². The Morgan fingerprint density at radius 1 is 1.19 bits per heavy atom. The van der Waals surface area contributed by atoms with E-state index in [4.69, 9.17) is 35.3 Å². The summed E-state index contributed by atoms with van der Waals surface area (Å²) in [7, 11) is 3.13. The number of nitrogens with zero attached hydrogens (tertiary/aromatic N) is 5. The smallest absolute Gasteiger partial charge is 0.316 e. The van der Waals surface area contributed by atoms with E-state index >= 15 is 0 Å². The number of nitrogens with two attached hydrogens (primary N) is 2. The molecule has 0 radical (unpaired) electrons. The molecule has 3 saturated heterocycles. The Labute approximate surface area is 214 Å². The topological polar surface area (TPSA) is 162 Å². The number of fused-ring (bicyclic) bond motifs is 2. The molecule has 200 valence electrons. The fourth-order valence-corrected chi connectivity index (χ4v) is 5.48. The molecule has 0 saturated carbocycles. The zero-order valence-corrected chi connectivity index (χ0v) is 21.3. The molecule has 13 nitrogen and oxygen atoms in total. The van der Waals surface area contributed by atoms with Crippen molar-refractivity contribution in [2.45, 2.75) is 62.7 Å². The van der Waals surface area contributed by atoms with E-state index in [-0.39, 0.29) is 5.96 Å². The Bertz CT molecular complexity index is 1150. The summed E-state index contributed by atoms with van der Waals surface area (Å²) in [5.41, 5.74) is 12.4. The Morgan fingerprint density at radius 3 is 2.65 bits per heavy atom. The van der Waals surface area contributed by atoms with E-state index in [1.54, 1.807) is 23.0 Å². The zero-order valence-electron chi connectivity index (χ0n) is 21.3. The quantitative estimate of drug-likeness (QED) is 0.293. The predicted octanol–water partition coefficient (Wildman–Crippen LogP) is 0.117. The first-order chi connectivity index (χ1) is 17.6. The molecular formula is C24H33N7O6. The van der Waals surface area contributed by atoms with Crippen LogP contribution in [0.25, 0.3) is 0 Å². The molecule has 0 aliphatic carbocycles. The van der Waals surface area contributed by atoms with Gasteiger partial charge in [-0.05, 0) is 19.4 Å². The van der Waals surface area contributed by atoms with Crippen LogP contribution in [0.1, 0.15) is 31.1 Å². The largest absolute Gasteiger partial charge is 0.469 e. The molecule has 4 N–H and O–H groups in total. The Balaban J connectivity index is 1.45. The van der Waals surface area contributed by atoms with Crippen LogP contribution in [0, 0.1) is 5.92 Å². The molecule has 37 heavy (non-hydrogen) atoms. The lowest BCUT2D eigenvalue weighted by atomic mass is 9.84. The fraction of sp³-hybridized carbons (Fsp3) is 0.583. The molecule has 0 bridgehead atoms. The average molecular weight is 516 g/mol. The van der Waals surface area contributed by atoms with Crippen LogP contribution in [0.5, 0.6) is 0 Å². The van der Waals surface area contributed by atoms with Crippen molar-refractivity contribution in [3.8, 4) is 0 Å². The maximum Gasteiger partial charge on any atom is 0.316 e. The number of esters is 1. The van der Waals surface area contributed by atoms with Crippen molar-refractivity contribution in [1.29, 1.82) is 0 Å². The first kappa shape index (κ1) is 25.5. The van der Waals surface area contributed by atoms with Crippen molar-refractivity contribution < 1.29 is 28.6 Å². The van der Waals surface area contributed by atoms with Crippen LogP contribution < -0.4 is 11.5 Å². The molecule has 13 heteroatoms. The second-order valence-corrected chi connectivity index (χ2v) is 9.88. The number of guanidine groups is 1. The summed E-state index contributed by atoms with van der Waals surface area (Å²) < 4.78 is 26.1. The lowest BCUT2D eigenvalue weighted by Crippen LogP contribution is -2.51. The predicted molar refractivity (Wildman–Crippen MR) is 129 cm³/mol. The molecule has 3 aliphatic heterocycles. The third kappa shape index (κ3) is 4.68. The normalized spacial score (nSPS) is 32.5. The van der Waals surface area contributed by atoms with E-state index in [1.165, 1.54) is 7.11 Å². The number of ether oxygens (including phenoxy) is 4. The molecule has 0 unspecified atom stereocenters. The summed E-state index contributed by atoms with van der Waals surface area (Å²) in [6.07, 6.45) is 0.563. The molecule has 3 fully saturated rings. The van der Waals surface area contributed by atoms with E-state index in [2.05, 4.69) is 15.3 Å². The van der Waals surface area contributed by atoms with Crippen LogP contribution in [-0.4, -0.2) is 82.6 Å². The van der Waals surface area contributed by atoms with Gasteiger partial charge >= 0.3 is 5.97 Å². The van der Waals surface area contributed by atoms with E-state index in [0.29, 0.717) is 19.5 Å². The van der Waals surface area contributed by atoms with Crippen molar-refractivity contribution in [2.24, 2.45) is 22.4 Å². The number of rotatable bonds is 7. The fourth-order valence-electron chi connectivity index (χ4n) is 5.48. The van der Waals surface area contributed by atoms with Gasteiger partial charge in [-0.2, -0.15) is 5.06 Å². The Kier molecular flexibility index (Phi) is 6.66. The summed E-state index contributed by atoms with van der Waals surface area (Å²) in [5, 5.41) is 10.1. The minimum absolute atomic E-state index is 0.0274. The van der Waals surface area contributed by atoms with Gasteiger partial charge in [0.25, 0.3) is 0 Å². The maximum atomic E-state index is 13.3. The number of hydrogen-bond donors (Lipinski definition) is 2. The highest BCUT2D eigenvalue weighted by atomic mass is 16.9. The second kappa shape index (κ2) is 9.65. The summed E-state index contributed by atoms with van der Waals surface area (Å²) >= 11 is 0. The highest BCUT2D eigenvalue weighted by Gasteiger charge is 2.73. The third-order valence-corrected chi connectivity index (χ3v) is 6.87. The van der Waals surface area contributed by atoms with Crippen molar-refractivity contribution in [3.63, 3.8) is 0 Å². The number of aliphatic imine (C=N–C) groups is 1. The molecule has 1 spiro atoms. The van der Waals surface area contributed by atoms with Gasteiger partial charge < -0.3 is 30.4 Å². The Morgan fingerprint density at radius 2 is 1.95 bits per heavy atom. The van der Waals surface area contributed by atoms with Gasteiger partial charge in [-0.3, -0.25) is 14.6 Å². The maximum absolute atomic E-state index is 13.3. The number of hydroxylamine groups is 2. The molecular weight excluding hydrogens is 482 g/mol. The van der Waals surface area contributed by atoms with E-state index < -0.39 is 47.8 Å². The van der Waals surface area contributed by atoms with Gasteiger partial charge in [-0.15, -0.1) is 5.10 Å². The lowest BCUT2D eigenvalue weighted by Gasteiger charge is -2.33. The molecule has 1 aromatic carbocycles. The SMILES string of the molecule is COC(=O)[C@H]1[C@H](c2ccccc2)N(C)O[C@@]12O[C@H](Cn1cc(CCN=C(N)N)nn1)[C@H]1OC(C)(C)O[C@H]12. The minimum atomic E-state index is -1.47. The highest BCUT2D eigenvalue weighted by Crippen LogP contribution is 2.56. The zero-order chi connectivity index (χ0) is 26.4. The number of carbonyl (C=O) groups excluding carboxylic acids is 1. The first-order valence-electron chi connectivity index (χ1n) is 12.2. The molecule has 6 atom stereocenters. The first-order valence-corrected chi connectivity index (χ1v) is 12.2. The van der Waals surface area contributed by atoms with Gasteiger partial charge in [0.2, 0.25) is 5.79 Å². The van der Waals surface area contributed by atoms with Gasteiger partial charge in [0.05, 0.1) is 25.4 Å². The summed E-state index contributed by atoms with van der Waals surface area (Å²) in [6.45, 7) is 4.36. The van der Waals surface area contributed by atoms with Gasteiger partial charge in [0.1, 0.15) is 24.2 Å². The van der Waals surface area contributed by atoms with Gasteiger partial charge in [0, 0.05) is 26.2 Å². The van der Waals surface area contributed by atoms with Crippen molar-refractivity contribution in [2.75, 3.05) is 20.7 Å². The standard InChI is InChI=1S/C24H33N7O6/c1-23(2)35-19-16(13-31-12-15(28-29-31)10-11-27-22(25)26)34-24(20(19)36-23)17(21(32)33-4)18(30(3)37-24)14-8-6-5-7-9-14/h5-9,12,16-20H,10-11,13H2,1-4H3,(H4,25,26,27)/t16-,17-,18+,19-,20-,24+/m1/s1. The van der Waals surface area contributed by atoms with E-state index in [1.807, 2.05) is 44.2 Å². The third-order valence-electron chi connectivity index (χ3n) is 6.87. The second-order valence-electron chi connectivity index (χ2n) is 9.88. The Hall–Kier alpha value is -3.10. The van der Waals surface area contributed by atoms with E-state index in [9.17, 15) is 4.79 Å². The monoisotopic (exact) mass is 515 g/mol. The van der Waals surface area contributed by atoms with Crippen LogP contribution in [0.4, 0.5) is 0 Å². The summed E-state index contributed by atoms with van der Waals surface area (Å²) in [5.74, 6) is -3.66. The van der Waals surface area contributed by atoms with Gasteiger partial charge in [-0.25, -0.2) is 4.68 Å². The summed E-state index contributed by atoms with van der Waals surface area (Å²) in [4.78, 5) is 23.7. The number of benzene rings is 1. The van der Waals surface area contributed by atoms with Gasteiger partial charge in [-0.1, -0.05) is 35.5 Å². The molecule has 4 heterocycles. The van der Waals surface area contributed by atoms with Crippen molar-refractivity contribution in [1.82, 2.24) is 20.1 Å². The van der Waals surface area contributed by atoms with Crippen LogP contribution in [-0.2, 0) is 41.5 Å². The van der Waals surface area contributed by atoms with Crippen molar-refractivity contribution >= 4 is 11.9 Å². The summed E-state index contributed by atoms with van der Waals surface area (Å²) in [6, 6.07) is 9.17.